The van der Waals surface area contributed by atoms with Crippen LogP contribution in [0.1, 0.15) is 32.3 Å². The lowest BCUT2D eigenvalue weighted by Gasteiger charge is -2.29. The highest BCUT2D eigenvalue weighted by molar-refractivity contribution is 5.78. The number of carbonyl (C=O) groups is 1. The van der Waals surface area contributed by atoms with Gasteiger partial charge in [0, 0.05) is 37.2 Å². The molecule has 1 fully saturated rings. The number of benzene rings is 2. The van der Waals surface area contributed by atoms with Gasteiger partial charge in [0.05, 0.1) is 11.9 Å². The van der Waals surface area contributed by atoms with E-state index in [1.54, 1.807) is 0 Å². The predicted molar refractivity (Wildman–Crippen MR) is 116 cm³/mol. The first kappa shape index (κ1) is 19.4. The van der Waals surface area contributed by atoms with E-state index in [0.717, 1.165) is 30.8 Å². The van der Waals surface area contributed by atoms with Gasteiger partial charge >= 0.3 is 0 Å². The molecule has 3 aromatic rings. The number of carbonyl (C=O) groups excluding carboxylic acids is 1. The van der Waals surface area contributed by atoms with Crippen LogP contribution in [0.5, 0.6) is 0 Å². The smallest absolute Gasteiger partial charge is 0.220 e. The van der Waals surface area contributed by atoms with Crippen LogP contribution in [0, 0.1) is 0 Å². The summed E-state index contributed by atoms with van der Waals surface area (Å²) in [5, 5.41) is 10.6. The van der Waals surface area contributed by atoms with Gasteiger partial charge in [-0.2, -0.15) is 5.10 Å². The fourth-order valence-corrected chi connectivity index (χ4v) is 3.91. The van der Waals surface area contributed by atoms with E-state index in [2.05, 4.69) is 82.8 Å². The zero-order chi connectivity index (χ0) is 20.2. The van der Waals surface area contributed by atoms with Crippen molar-refractivity contribution in [2.75, 3.05) is 6.54 Å². The molecule has 0 spiro atoms. The number of nitrogens with one attached hydrogen (secondary N) is 2. The first-order valence-electron chi connectivity index (χ1n) is 10.3. The van der Waals surface area contributed by atoms with Crippen LogP contribution in [0.2, 0.25) is 0 Å². The Kier molecular flexibility index (Phi) is 5.76. The Morgan fingerprint density at radius 1 is 1.03 bits per heavy atom. The Morgan fingerprint density at radius 3 is 2.38 bits per heavy atom. The molecule has 1 atom stereocenters. The molecule has 0 bridgehead atoms. The van der Waals surface area contributed by atoms with Crippen molar-refractivity contribution >= 4 is 5.91 Å². The Balaban J connectivity index is 1.50. The minimum absolute atomic E-state index is 0.168. The maximum Gasteiger partial charge on any atom is 0.220 e. The van der Waals surface area contributed by atoms with Gasteiger partial charge in [-0.05, 0) is 37.0 Å². The molecule has 1 amide bonds. The molecule has 150 valence electrons. The largest absolute Gasteiger partial charge is 0.352 e. The molecule has 2 N–H and O–H groups in total. The van der Waals surface area contributed by atoms with Crippen molar-refractivity contribution < 1.29 is 4.79 Å². The summed E-state index contributed by atoms with van der Waals surface area (Å²) in [4.78, 5) is 14.0. The van der Waals surface area contributed by atoms with Gasteiger partial charge in [-0.25, -0.2) is 0 Å². The molecule has 5 heteroatoms. The van der Waals surface area contributed by atoms with Crippen LogP contribution in [-0.4, -0.2) is 39.6 Å². The van der Waals surface area contributed by atoms with Crippen LogP contribution in [0.25, 0.3) is 22.4 Å². The van der Waals surface area contributed by atoms with Gasteiger partial charge < -0.3 is 5.32 Å². The highest BCUT2D eigenvalue weighted by Crippen LogP contribution is 2.27. The fraction of sp³-hybridized carbons (Fsp3) is 0.333. The molecule has 29 heavy (non-hydrogen) atoms. The Morgan fingerprint density at radius 2 is 1.72 bits per heavy atom. The van der Waals surface area contributed by atoms with Gasteiger partial charge in [-0.15, -0.1) is 0 Å². The van der Waals surface area contributed by atoms with Crippen LogP contribution in [0.4, 0.5) is 0 Å². The summed E-state index contributed by atoms with van der Waals surface area (Å²) in [5.41, 5.74) is 5.79. The normalized spacial score (nSPS) is 16.6. The van der Waals surface area contributed by atoms with Crippen molar-refractivity contribution in [1.29, 1.82) is 0 Å². The standard InChI is InChI=1S/C24H28N4O/c1-17(2)28(16-22-12-13-23(29)26-22)15-21-14-25-27-24(21)20-10-8-19(9-11-20)18-6-4-3-5-7-18/h3-11,14,17,22H,12-13,15-16H2,1-2H3,(H,25,27)(H,26,29)/t22-/m1/s1. The number of aromatic amines is 1. The van der Waals surface area contributed by atoms with Gasteiger partial charge in [-0.3, -0.25) is 14.8 Å². The van der Waals surface area contributed by atoms with E-state index in [4.69, 9.17) is 0 Å². The molecule has 4 rings (SSSR count). The molecule has 1 aliphatic rings. The summed E-state index contributed by atoms with van der Waals surface area (Å²) >= 11 is 0. The zero-order valence-corrected chi connectivity index (χ0v) is 17.1. The Labute approximate surface area is 172 Å². The number of amides is 1. The molecule has 5 nitrogen and oxygen atoms in total. The highest BCUT2D eigenvalue weighted by atomic mass is 16.1. The maximum atomic E-state index is 11.5. The quantitative estimate of drug-likeness (QED) is 0.637. The lowest BCUT2D eigenvalue weighted by Crippen LogP contribution is -2.41. The number of hydrogen-bond donors (Lipinski definition) is 2. The Bertz CT molecular complexity index is 947. The topological polar surface area (TPSA) is 61.0 Å². The van der Waals surface area contributed by atoms with Gasteiger partial charge in [0.25, 0.3) is 0 Å². The van der Waals surface area contributed by atoms with Gasteiger partial charge in [0.2, 0.25) is 5.91 Å². The summed E-state index contributed by atoms with van der Waals surface area (Å²) in [6.07, 6.45) is 3.48. The molecular formula is C24H28N4O. The second-order valence-corrected chi connectivity index (χ2v) is 8.04. The van der Waals surface area contributed by atoms with Crippen molar-refractivity contribution in [2.45, 2.75) is 45.3 Å². The molecule has 1 aliphatic heterocycles. The predicted octanol–water partition coefficient (Wildman–Crippen LogP) is 4.23. The van der Waals surface area contributed by atoms with Crippen LogP contribution >= 0.6 is 0 Å². The van der Waals surface area contributed by atoms with Gasteiger partial charge in [0.1, 0.15) is 0 Å². The molecule has 0 radical (unpaired) electrons. The van der Waals surface area contributed by atoms with E-state index in [-0.39, 0.29) is 11.9 Å². The number of aromatic nitrogens is 2. The Hall–Kier alpha value is -2.92. The van der Waals surface area contributed by atoms with Crippen LogP contribution in [0.15, 0.2) is 60.8 Å². The van der Waals surface area contributed by atoms with E-state index < -0.39 is 0 Å². The number of hydrogen-bond acceptors (Lipinski definition) is 3. The molecule has 0 saturated carbocycles. The number of nitrogens with zero attached hydrogens (tertiary/aromatic N) is 2. The minimum Gasteiger partial charge on any atom is -0.352 e. The van der Waals surface area contributed by atoms with E-state index in [1.165, 1.54) is 16.7 Å². The summed E-state index contributed by atoms with van der Waals surface area (Å²) in [5.74, 6) is 0.168. The van der Waals surface area contributed by atoms with E-state index in [1.807, 2.05) is 12.3 Å². The highest BCUT2D eigenvalue weighted by Gasteiger charge is 2.25. The van der Waals surface area contributed by atoms with Crippen molar-refractivity contribution in [3.05, 3.63) is 66.4 Å². The molecule has 2 heterocycles. The second-order valence-electron chi connectivity index (χ2n) is 8.04. The third-order valence-corrected chi connectivity index (χ3v) is 5.64. The van der Waals surface area contributed by atoms with Crippen LogP contribution < -0.4 is 5.32 Å². The van der Waals surface area contributed by atoms with Crippen LogP contribution in [-0.2, 0) is 11.3 Å². The molecule has 0 unspecified atom stereocenters. The third-order valence-electron chi connectivity index (χ3n) is 5.64. The van der Waals surface area contributed by atoms with Crippen molar-refractivity contribution in [3.8, 4) is 22.4 Å². The zero-order valence-electron chi connectivity index (χ0n) is 17.1. The maximum absolute atomic E-state index is 11.5. The summed E-state index contributed by atoms with van der Waals surface area (Å²) in [7, 11) is 0. The monoisotopic (exact) mass is 388 g/mol. The van der Waals surface area contributed by atoms with Crippen LogP contribution in [0.3, 0.4) is 0 Å². The van der Waals surface area contributed by atoms with Crippen molar-refractivity contribution in [3.63, 3.8) is 0 Å². The van der Waals surface area contributed by atoms with Gasteiger partial charge in [-0.1, -0.05) is 54.6 Å². The SMILES string of the molecule is CC(C)N(Cc1cn[nH]c1-c1ccc(-c2ccccc2)cc1)C[C@H]1CCC(=O)N1. The molecule has 1 aromatic heterocycles. The minimum atomic E-state index is 0.168. The third kappa shape index (κ3) is 4.57. The fourth-order valence-electron chi connectivity index (χ4n) is 3.91. The molecular weight excluding hydrogens is 360 g/mol. The van der Waals surface area contributed by atoms with E-state index in [9.17, 15) is 4.79 Å². The second kappa shape index (κ2) is 8.62. The first-order chi connectivity index (χ1) is 14.1. The summed E-state index contributed by atoms with van der Waals surface area (Å²) < 4.78 is 0. The summed E-state index contributed by atoms with van der Waals surface area (Å²) in [6.45, 7) is 6.06. The lowest BCUT2D eigenvalue weighted by molar-refractivity contribution is -0.119. The molecule has 2 aromatic carbocycles. The average molecular weight is 389 g/mol. The van der Waals surface area contributed by atoms with Crippen molar-refractivity contribution in [2.24, 2.45) is 0 Å². The first-order valence-corrected chi connectivity index (χ1v) is 10.3. The molecule has 1 saturated heterocycles. The lowest BCUT2D eigenvalue weighted by atomic mass is 10.0. The average Bonchev–Trinajstić information content (AvgIpc) is 3.37. The van der Waals surface area contributed by atoms with Gasteiger partial charge in [0.15, 0.2) is 0 Å². The summed E-state index contributed by atoms with van der Waals surface area (Å²) in [6, 6.07) is 19.6. The molecule has 0 aliphatic carbocycles. The number of H-pyrrole nitrogens is 1. The van der Waals surface area contributed by atoms with Crippen molar-refractivity contribution in [1.82, 2.24) is 20.4 Å². The van der Waals surface area contributed by atoms with E-state index >= 15 is 0 Å². The van der Waals surface area contributed by atoms with E-state index in [0.29, 0.717) is 12.5 Å². The number of rotatable bonds is 7.